The maximum absolute atomic E-state index is 13.0. The number of rotatable bonds is 6. The number of hydrogen-bond acceptors (Lipinski definition) is 7. The van der Waals surface area contributed by atoms with Gasteiger partial charge in [0, 0.05) is 11.3 Å². The molecule has 0 aliphatic carbocycles. The first-order chi connectivity index (χ1) is 15.2. The van der Waals surface area contributed by atoms with E-state index in [2.05, 4.69) is 20.6 Å². The lowest BCUT2D eigenvalue weighted by atomic mass is 10.1. The van der Waals surface area contributed by atoms with Crippen LogP contribution in [0.4, 0.5) is 28.4 Å². The molecule has 3 N–H and O–H groups in total. The smallest absolute Gasteiger partial charge is 0.382 e. The van der Waals surface area contributed by atoms with Crippen LogP contribution in [0.3, 0.4) is 0 Å². The number of halogens is 4. The Morgan fingerprint density at radius 2 is 1.88 bits per heavy atom. The summed E-state index contributed by atoms with van der Waals surface area (Å²) >= 11 is 2.19. The Morgan fingerprint density at radius 1 is 1.12 bits per heavy atom. The molecule has 0 fully saturated rings. The van der Waals surface area contributed by atoms with Crippen molar-refractivity contribution >= 4 is 48.9 Å². The van der Waals surface area contributed by atoms with E-state index in [4.69, 9.17) is 5.11 Å². The van der Waals surface area contributed by atoms with E-state index < -0.39 is 24.6 Å². The lowest BCUT2D eigenvalue weighted by molar-refractivity contribution is -0.198. The summed E-state index contributed by atoms with van der Waals surface area (Å²) in [7, 11) is 0. The number of thiophene rings is 1. The van der Waals surface area contributed by atoms with E-state index in [0.717, 1.165) is 34.4 Å². The lowest BCUT2D eigenvalue weighted by Crippen LogP contribution is -2.34. The summed E-state index contributed by atoms with van der Waals surface area (Å²) in [6, 6.07) is 11.4. The first-order valence-corrected chi connectivity index (χ1v) is 10.7. The van der Waals surface area contributed by atoms with Crippen LogP contribution in [-0.2, 0) is 0 Å². The molecule has 0 bridgehead atoms. The number of nitrogens with one attached hydrogen (secondary N) is 2. The molecule has 1 atom stereocenters. The highest BCUT2D eigenvalue weighted by molar-refractivity contribution is 7.29. The SMILES string of the molecule is O=C(Nc1ccc(-c2ccc(F)cn2)cc1)c1cc2sc(NCC(O)C(F)(F)F)nc2s1. The molecule has 1 unspecified atom stereocenters. The Hall–Kier alpha value is -3.09. The van der Waals surface area contributed by atoms with Crippen LogP contribution in [0.5, 0.6) is 0 Å². The van der Waals surface area contributed by atoms with Gasteiger partial charge in [-0.15, -0.1) is 11.3 Å². The fourth-order valence-corrected chi connectivity index (χ4v) is 4.70. The van der Waals surface area contributed by atoms with Gasteiger partial charge in [-0.3, -0.25) is 9.78 Å². The first-order valence-electron chi connectivity index (χ1n) is 9.11. The predicted octanol–water partition coefficient (Wildman–Crippen LogP) is 5.15. The maximum atomic E-state index is 13.0. The van der Waals surface area contributed by atoms with Crippen LogP contribution in [0.15, 0.2) is 48.7 Å². The molecule has 32 heavy (non-hydrogen) atoms. The third-order valence-electron chi connectivity index (χ3n) is 4.30. The molecule has 1 aromatic carbocycles. The van der Waals surface area contributed by atoms with Crippen LogP contribution >= 0.6 is 22.7 Å². The van der Waals surface area contributed by atoms with Gasteiger partial charge < -0.3 is 15.7 Å². The number of aliphatic hydroxyl groups is 1. The van der Waals surface area contributed by atoms with E-state index in [1.165, 1.54) is 6.07 Å². The molecule has 0 saturated carbocycles. The molecule has 3 aromatic heterocycles. The van der Waals surface area contributed by atoms with Crippen molar-refractivity contribution < 1.29 is 27.5 Å². The van der Waals surface area contributed by atoms with Crippen LogP contribution < -0.4 is 10.6 Å². The molecule has 3 heterocycles. The zero-order valence-electron chi connectivity index (χ0n) is 16.0. The van der Waals surface area contributed by atoms with E-state index in [1.807, 2.05) is 0 Å². The summed E-state index contributed by atoms with van der Waals surface area (Å²) in [5, 5.41) is 14.5. The zero-order valence-corrected chi connectivity index (χ0v) is 17.6. The quantitative estimate of drug-likeness (QED) is 0.331. The topological polar surface area (TPSA) is 87.1 Å². The lowest BCUT2D eigenvalue weighted by Gasteiger charge is -2.14. The Bertz CT molecular complexity index is 1210. The molecule has 0 radical (unpaired) electrons. The largest absolute Gasteiger partial charge is 0.416 e. The van der Waals surface area contributed by atoms with Crippen molar-refractivity contribution in [3.05, 3.63) is 59.4 Å². The van der Waals surface area contributed by atoms with E-state index in [0.29, 0.717) is 25.8 Å². The normalized spacial score (nSPS) is 12.7. The van der Waals surface area contributed by atoms with Gasteiger partial charge in [0.15, 0.2) is 11.2 Å². The van der Waals surface area contributed by atoms with Crippen LogP contribution in [0.2, 0.25) is 0 Å². The van der Waals surface area contributed by atoms with Crippen molar-refractivity contribution in [2.45, 2.75) is 12.3 Å². The number of amides is 1. The Morgan fingerprint density at radius 3 is 2.50 bits per heavy atom. The van der Waals surface area contributed by atoms with Crippen LogP contribution in [0, 0.1) is 5.82 Å². The second kappa shape index (κ2) is 8.81. The van der Waals surface area contributed by atoms with Gasteiger partial charge in [0.2, 0.25) is 0 Å². The molecule has 4 aromatic rings. The minimum Gasteiger partial charge on any atom is -0.382 e. The zero-order chi connectivity index (χ0) is 22.9. The predicted molar refractivity (Wildman–Crippen MR) is 116 cm³/mol. The number of nitrogens with zero attached hydrogens (tertiary/aromatic N) is 2. The number of anilines is 2. The second-order valence-electron chi connectivity index (χ2n) is 6.63. The summed E-state index contributed by atoms with van der Waals surface area (Å²) in [6.07, 6.45) is -6.07. The minimum absolute atomic E-state index is 0.228. The molecule has 12 heteroatoms. The summed E-state index contributed by atoms with van der Waals surface area (Å²) in [4.78, 5) is 21.6. The van der Waals surface area contributed by atoms with Crippen molar-refractivity contribution in [1.29, 1.82) is 0 Å². The van der Waals surface area contributed by atoms with Gasteiger partial charge >= 0.3 is 6.18 Å². The van der Waals surface area contributed by atoms with Crippen LogP contribution in [0.1, 0.15) is 9.67 Å². The molecular formula is C20H14F4N4O2S2. The number of carbonyl (C=O) groups is 1. The molecule has 0 aliphatic rings. The molecule has 0 spiro atoms. The summed E-state index contributed by atoms with van der Waals surface area (Å²) in [5.41, 5.74) is 1.91. The monoisotopic (exact) mass is 482 g/mol. The second-order valence-corrected chi connectivity index (χ2v) is 8.69. The third kappa shape index (κ3) is 5.03. The highest BCUT2D eigenvalue weighted by atomic mass is 32.1. The van der Waals surface area contributed by atoms with E-state index in [1.54, 1.807) is 36.4 Å². The molecule has 166 valence electrons. The molecule has 6 nitrogen and oxygen atoms in total. The van der Waals surface area contributed by atoms with Gasteiger partial charge in [-0.2, -0.15) is 13.2 Å². The molecule has 1 amide bonds. The number of fused-ring (bicyclic) bond motifs is 1. The highest BCUT2D eigenvalue weighted by Crippen LogP contribution is 2.33. The number of benzene rings is 1. The Balaban J connectivity index is 1.39. The number of aliphatic hydroxyl groups excluding tert-OH is 1. The summed E-state index contributed by atoms with van der Waals surface area (Å²) < 4.78 is 50.8. The van der Waals surface area contributed by atoms with Gasteiger partial charge in [0.05, 0.1) is 28.0 Å². The maximum Gasteiger partial charge on any atom is 0.416 e. The van der Waals surface area contributed by atoms with E-state index in [9.17, 15) is 22.4 Å². The van der Waals surface area contributed by atoms with E-state index >= 15 is 0 Å². The van der Waals surface area contributed by atoms with Crippen molar-refractivity contribution in [2.24, 2.45) is 0 Å². The molecular weight excluding hydrogens is 468 g/mol. The van der Waals surface area contributed by atoms with E-state index in [-0.39, 0.29) is 11.0 Å². The van der Waals surface area contributed by atoms with Crippen molar-refractivity contribution in [3.63, 3.8) is 0 Å². The molecule has 0 aliphatic heterocycles. The average molecular weight is 482 g/mol. The van der Waals surface area contributed by atoms with Gasteiger partial charge in [0.25, 0.3) is 5.91 Å². The van der Waals surface area contributed by atoms with Gasteiger partial charge in [-0.25, -0.2) is 9.37 Å². The average Bonchev–Trinajstić information content (AvgIpc) is 3.31. The third-order valence-corrected chi connectivity index (χ3v) is 6.42. The highest BCUT2D eigenvalue weighted by Gasteiger charge is 2.38. The fraction of sp³-hybridized carbons (Fsp3) is 0.150. The summed E-state index contributed by atoms with van der Waals surface area (Å²) in [5.74, 6) is -0.778. The number of alkyl halides is 3. The molecule has 4 rings (SSSR count). The van der Waals surface area contributed by atoms with Gasteiger partial charge in [0.1, 0.15) is 10.6 Å². The number of aromatic nitrogens is 2. The van der Waals surface area contributed by atoms with Crippen molar-refractivity contribution in [1.82, 2.24) is 9.97 Å². The molecule has 0 saturated heterocycles. The van der Waals surface area contributed by atoms with Crippen molar-refractivity contribution in [2.75, 3.05) is 17.2 Å². The van der Waals surface area contributed by atoms with Crippen LogP contribution in [-0.4, -0.2) is 39.8 Å². The van der Waals surface area contributed by atoms with Crippen molar-refractivity contribution in [3.8, 4) is 11.3 Å². The first kappa shape index (κ1) is 22.1. The number of carbonyl (C=O) groups excluding carboxylic acids is 1. The minimum atomic E-state index is -4.71. The number of pyridine rings is 1. The van der Waals surface area contributed by atoms with Gasteiger partial charge in [-0.1, -0.05) is 23.5 Å². The fourth-order valence-electron chi connectivity index (χ4n) is 2.69. The van der Waals surface area contributed by atoms with Gasteiger partial charge in [-0.05, 0) is 30.3 Å². The van der Waals surface area contributed by atoms with Crippen LogP contribution in [0.25, 0.3) is 20.8 Å². The number of thiazole rings is 1. The summed E-state index contributed by atoms with van der Waals surface area (Å²) in [6.45, 7) is -0.707. The Labute approximate surface area is 186 Å². The standard InChI is InChI=1S/C20H14F4N4O2S2/c21-11-3-6-13(25-8-11)10-1-4-12(5-2-10)27-17(30)14-7-15-18(31-14)28-19(32-15)26-9-16(29)20(22,23)24/h1-8,16,29H,9H2,(H,26,28)(H,27,30). The Kier molecular flexibility index (Phi) is 6.09. The number of hydrogen-bond donors (Lipinski definition) is 3.